The van der Waals surface area contributed by atoms with Gasteiger partial charge in [0.15, 0.2) is 5.82 Å². The van der Waals surface area contributed by atoms with Crippen LogP contribution in [-0.4, -0.2) is 15.0 Å². The number of hydrogen-bond donors (Lipinski definition) is 1. The van der Waals surface area contributed by atoms with Crippen LogP contribution in [0.25, 0.3) is 16.9 Å². The molecule has 112 valence electrons. The first-order valence-corrected chi connectivity index (χ1v) is 7.34. The van der Waals surface area contributed by atoms with Crippen LogP contribution in [0.1, 0.15) is 22.3 Å². The molecule has 0 spiro atoms. The number of hydrogen-bond acceptors (Lipinski definition) is 3. The van der Waals surface area contributed by atoms with E-state index in [0.29, 0.717) is 5.82 Å². The molecule has 1 heterocycles. The van der Waals surface area contributed by atoms with Crippen LogP contribution in [0.4, 0.5) is 5.82 Å². The monoisotopic (exact) mass is 292 g/mol. The second kappa shape index (κ2) is 5.30. The molecule has 0 bridgehead atoms. The molecule has 0 radical (unpaired) electrons. The van der Waals surface area contributed by atoms with Crippen molar-refractivity contribution in [3.8, 4) is 16.9 Å². The number of aromatic nitrogens is 3. The van der Waals surface area contributed by atoms with E-state index in [9.17, 15) is 0 Å². The summed E-state index contributed by atoms with van der Waals surface area (Å²) in [7, 11) is 0. The lowest BCUT2D eigenvalue weighted by Gasteiger charge is -2.09. The molecule has 0 unspecified atom stereocenters. The number of benzene rings is 2. The van der Waals surface area contributed by atoms with Gasteiger partial charge in [0.1, 0.15) is 5.69 Å². The quantitative estimate of drug-likeness (QED) is 0.782. The van der Waals surface area contributed by atoms with Gasteiger partial charge in [-0.2, -0.15) is 4.68 Å². The Morgan fingerprint density at radius 3 is 2.27 bits per heavy atom. The van der Waals surface area contributed by atoms with Crippen LogP contribution >= 0.6 is 0 Å². The van der Waals surface area contributed by atoms with Gasteiger partial charge in [0.25, 0.3) is 0 Å². The summed E-state index contributed by atoms with van der Waals surface area (Å²) in [5.74, 6) is 0.570. The minimum atomic E-state index is 0.570. The van der Waals surface area contributed by atoms with Gasteiger partial charge in [-0.15, -0.1) is 5.10 Å². The third kappa shape index (κ3) is 2.37. The van der Waals surface area contributed by atoms with Gasteiger partial charge in [-0.05, 0) is 51.0 Å². The van der Waals surface area contributed by atoms with Gasteiger partial charge in [0.05, 0.1) is 5.69 Å². The molecule has 0 aliphatic carbocycles. The van der Waals surface area contributed by atoms with Gasteiger partial charge in [-0.25, -0.2) is 0 Å². The smallest absolute Gasteiger partial charge is 0.155 e. The van der Waals surface area contributed by atoms with Crippen molar-refractivity contribution in [3.05, 3.63) is 58.7 Å². The zero-order valence-electron chi connectivity index (χ0n) is 13.4. The number of nitrogens with zero attached hydrogens (tertiary/aromatic N) is 3. The lowest BCUT2D eigenvalue weighted by atomic mass is 10.0. The zero-order valence-corrected chi connectivity index (χ0v) is 13.4. The van der Waals surface area contributed by atoms with E-state index in [1.807, 2.05) is 6.07 Å². The summed E-state index contributed by atoms with van der Waals surface area (Å²) in [6.45, 7) is 8.25. The van der Waals surface area contributed by atoms with E-state index in [1.165, 1.54) is 11.1 Å². The van der Waals surface area contributed by atoms with Crippen LogP contribution in [0, 0.1) is 27.7 Å². The second-order valence-electron chi connectivity index (χ2n) is 5.84. The maximum absolute atomic E-state index is 6.33. The predicted octanol–water partition coefficient (Wildman–Crippen LogP) is 3.75. The van der Waals surface area contributed by atoms with Gasteiger partial charge in [0.2, 0.25) is 0 Å². The van der Waals surface area contributed by atoms with Crippen molar-refractivity contribution in [1.29, 1.82) is 0 Å². The zero-order chi connectivity index (χ0) is 15.9. The maximum atomic E-state index is 6.33. The van der Waals surface area contributed by atoms with Crippen LogP contribution in [0.2, 0.25) is 0 Å². The Morgan fingerprint density at radius 1 is 0.864 bits per heavy atom. The fourth-order valence-corrected chi connectivity index (χ4v) is 2.69. The Kier molecular flexibility index (Phi) is 3.45. The number of anilines is 1. The van der Waals surface area contributed by atoms with Crippen LogP contribution in [0.15, 0.2) is 36.4 Å². The maximum Gasteiger partial charge on any atom is 0.155 e. The highest BCUT2D eigenvalue weighted by atomic mass is 15.5. The van der Waals surface area contributed by atoms with Crippen molar-refractivity contribution in [3.63, 3.8) is 0 Å². The molecule has 4 nitrogen and oxygen atoms in total. The number of nitrogen functional groups attached to an aromatic ring is 1. The van der Waals surface area contributed by atoms with Gasteiger partial charge >= 0.3 is 0 Å². The number of nitrogens with two attached hydrogens (primary N) is 1. The Labute approximate surface area is 130 Å². The van der Waals surface area contributed by atoms with Crippen molar-refractivity contribution in [2.45, 2.75) is 27.7 Å². The molecule has 1 aromatic heterocycles. The lowest BCUT2D eigenvalue weighted by molar-refractivity contribution is 0.805. The molecule has 0 aliphatic rings. The SMILES string of the molecule is Cc1ccc(-n2nnc(-c3cc(C)ccc3C)c2N)c(C)c1. The molecular weight excluding hydrogens is 272 g/mol. The van der Waals surface area contributed by atoms with Gasteiger partial charge < -0.3 is 5.73 Å². The first-order chi connectivity index (χ1) is 10.5. The normalized spacial score (nSPS) is 10.9. The van der Waals surface area contributed by atoms with Crippen LogP contribution in [0.5, 0.6) is 0 Å². The molecule has 2 N–H and O–H groups in total. The molecule has 0 amide bonds. The molecular formula is C18H20N4. The molecule has 22 heavy (non-hydrogen) atoms. The van der Waals surface area contributed by atoms with E-state index >= 15 is 0 Å². The highest BCUT2D eigenvalue weighted by Gasteiger charge is 2.16. The van der Waals surface area contributed by atoms with Gasteiger partial charge in [0, 0.05) is 5.56 Å². The predicted molar refractivity (Wildman–Crippen MR) is 90.2 cm³/mol. The van der Waals surface area contributed by atoms with E-state index in [-0.39, 0.29) is 0 Å². The van der Waals surface area contributed by atoms with E-state index in [4.69, 9.17) is 5.73 Å². The topological polar surface area (TPSA) is 56.7 Å². The third-order valence-corrected chi connectivity index (χ3v) is 3.93. The summed E-state index contributed by atoms with van der Waals surface area (Å²) in [6.07, 6.45) is 0. The Bertz CT molecular complexity index is 846. The molecule has 2 aromatic carbocycles. The van der Waals surface area contributed by atoms with E-state index in [0.717, 1.165) is 28.1 Å². The standard InChI is InChI=1S/C18H20N4/c1-11-6-8-16(14(4)9-11)22-18(19)17(20-21-22)15-10-12(2)5-7-13(15)3/h5-10H,19H2,1-4H3. The fraction of sp³-hybridized carbons (Fsp3) is 0.222. The van der Waals surface area contributed by atoms with Crippen molar-refractivity contribution in [2.24, 2.45) is 0 Å². The largest absolute Gasteiger partial charge is 0.382 e. The van der Waals surface area contributed by atoms with Crippen molar-refractivity contribution < 1.29 is 0 Å². The fourth-order valence-electron chi connectivity index (χ4n) is 2.69. The van der Waals surface area contributed by atoms with Crippen LogP contribution < -0.4 is 5.73 Å². The van der Waals surface area contributed by atoms with E-state index in [1.54, 1.807) is 4.68 Å². The van der Waals surface area contributed by atoms with E-state index in [2.05, 4.69) is 68.3 Å². The third-order valence-electron chi connectivity index (χ3n) is 3.93. The average Bonchev–Trinajstić information content (AvgIpc) is 2.83. The summed E-state index contributed by atoms with van der Waals surface area (Å²) < 4.78 is 1.71. The molecule has 3 rings (SSSR count). The van der Waals surface area contributed by atoms with Gasteiger partial charge in [-0.1, -0.05) is 40.6 Å². The van der Waals surface area contributed by atoms with Crippen molar-refractivity contribution >= 4 is 5.82 Å². The van der Waals surface area contributed by atoms with E-state index < -0.39 is 0 Å². The number of rotatable bonds is 2. The molecule has 0 saturated carbocycles. The Hall–Kier alpha value is -2.62. The van der Waals surface area contributed by atoms with Crippen molar-refractivity contribution in [2.75, 3.05) is 5.73 Å². The van der Waals surface area contributed by atoms with Crippen LogP contribution in [-0.2, 0) is 0 Å². The molecule has 0 atom stereocenters. The van der Waals surface area contributed by atoms with Crippen LogP contribution in [0.3, 0.4) is 0 Å². The summed E-state index contributed by atoms with van der Waals surface area (Å²) in [5, 5.41) is 8.58. The highest BCUT2D eigenvalue weighted by Crippen LogP contribution is 2.29. The minimum absolute atomic E-state index is 0.570. The Morgan fingerprint density at radius 2 is 1.55 bits per heavy atom. The second-order valence-corrected chi connectivity index (χ2v) is 5.84. The first-order valence-electron chi connectivity index (χ1n) is 7.34. The molecule has 0 saturated heterocycles. The molecule has 4 heteroatoms. The molecule has 0 aliphatic heterocycles. The number of aryl methyl sites for hydroxylation is 4. The Balaban J connectivity index is 2.15. The average molecular weight is 292 g/mol. The van der Waals surface area contributed by atoms with Crippen molar-refractivity contribution in [1.82, 2.24) is 15.0 Å². The lowest BCUT2D eigenvalue weighted by Crippen LogP contribution is -2.04. The first kappa shape index (κ1) is 14.3. The minimum Gasteiger partial charge on any atom is -0.382 e. The summed E-state index contributed by atoms with van der Waals surface area (Å²) >= 11 is 0. The molecule has 0 fully saturated rings. The summed E-state index contributed by atoms with van der Waals surface area (Å²) in [5.41, 5.74) is 13.7. The summed E-state index contributed by atoms with van der Waals surface area (Å²) in [4.78, 5) is 0. The highest BCUT2D eigenvalue weighted by molar-refractivity contribution is 5.74. The van der Waals surface area contributed by atoms with Gasteiger partial charge in [-0.3, -0.25) is 0 Å². The summed E-state index contributed by atoms with van der Waals surface area (Å²) in [6, 6.07) is 12.5. The molecule has 3 aromatic rings.